The van der Waals surface area contributed by atoms with Crippen molar-refractivity contribution in [2.75, 3.05) is 45.9 Å². The zero-order valence-corrected chi connectivity index (χ0v) is 12.0. The number of hydrogen-bond donors (Lipinski definition) is 1. The van der Waals surface area contributed by atoms with E-state index in [1.807, 2.05) is 0 Å². The summed E-state index contributed by atoms with van der Waals surface area (Å²) in [4.78, 5) is 13.6. The van der Waals surface area contributed by atoms with Gasteiger partial charge in [0.15, 0.2) is 0 Å². The lowest BCUT2D eigenvalue weighted by Crippen LogP contribution is -2.31. The zero-order valence-electron chi connectivity index (χ0n) is 12.0. The van der Waals surface area contributed by atoms with Gasteiger partial charge in [-0.3, -0.25) is 4.79 Å². The van der Waals surface area contributed by atoms with Crippen molar-refractivity contribution in [2.45, 2.75) is 32.6 Å². The van der Waals surface area contributed by atoms with Gasteiger partial charge in [0.05, 0.1) is 13.2 Å². The summed E-state index contributed by atoms with van der Waals surface area (Å²) in [6.45, 7) is 7.82. The van der Waals surface area contributed by atoms with Crippen LogP contribution in [-0.4, -0.2) is 56.6 Å². The van der Waals surface area contributed by atoms with E-state index in [0.29, 0.717) is 19.7 Å². The van der Waals surface area contributed by atoms with Crippen LogP contribution in [0.4, 0.5) is 0 Å². The first kappa shape index (κ1) is 16.2. The molecule has 1 aliphatic heterocycles. The van der Waals surface area contributed by atoms with E-state index in [1.165, 1.54) is 32.4 Å². The smallest absolute Gasteiger partial charge is 0.219 e. The molecule has 4 nitrogen and oxygen atoms in total. The van der Waals surface area contributed by atoms with E-state index in [-0.39, 0.29) is 5.78 Å². The van der Waals surface area contributed by atoms with Crippen LogP contribution >= 0.6 is 0 Å². The van der Waals surface area contributed by atoms with E-state index >= 15 is 0 Å². The fraction of sp³-hybridized carbons (Fsp3) is 0.800. The summed E-state index contributed by atoms with van der Waals surface area (Å²) >= 11 is 0. The topological polar surface area (TPSA) is 41.6 Å². The van der Waals surface area contributed by atoms with Crippen LogP contribution in [-0.2, 0) is 9.53 Å². The Labute approximate surface area is 116 Å². The highest BCUT2D eigenvalue weighted by atomic mass is 16.5. The highest BCUT2D eigenvalue weighted by Gasteiger charge is 2.08. The van der Waals surface area contributed by atoms with Crippen molar-refractivity contribution in [1.29, 1.82) is 0 Å². The maximum Gasteiger partial charge on any atom is 0.219 e. The van der Waals surface area contributed by atoms with Crippen molar-refractivity contribution in [1.82, 2.24) is 10.2 Å². The molecule has 0 amide bonds. The molecule has 0 aromatic carbocycles. The molecular weight excluding hydrogens is 240 g/mol. The molecule has 0 aliphatic carbocycles. The third kappa shape index (κ3) is 8.77. The van der Waals surface area contributed by atoms with E-state index in [1.54, 1.807) is 6.92 Å². The van der Waals surface area contributed by atoms with E-state index in [2.05, 4.69) is 22.1 Å². The summed E-state index contributed by atoms with van der Waals surface area (Å²) in [7, 11) is 0. The molecule has 0 aromatic rings. The number of ketones is 1. The SMILES string of the molecule is CC#CC(=O)CNCCOCCCN1CCCCC1. The fourth-order valence-corrected chi connectivity index (χ4v) is 2.21. The summed E-state index contributed by atoms with van der Waals surface area (Å²) < 4.78 is 5.53. The quantitative estimate of drug-likeness (QED) is 0.385. The Hall–Kier alpha value is -0.890. The zero-order chi connectivity index (χ0) is 13.8. The molecule has 108 valence electrons. The molecule has 1 saturated heterocycles. The first-order chi connectivity index (χ1) is 9.33. The number of nitrogens with zero attached hydrogens (tertiary/aromatic N) is 1. The molecule has 1 heterocycles. The first-order valence-corrected chi connectivity index (χ1v) is 7.29. The van der Waals surface area contributed by atoms with Crippen molar-refractivity contribution in [3.05, 3.63) is 0 Å². The minimum Gasteiger partial charge on any atom is -0.380 e. The highest BCUT2D eigenvalue weighted by Crippen LogP contribution is 2.08. The van der Waals surface area contributed by atoms with Crippen LogP contribution in [0.2, 0.25) is 0 Å². The number of likely N-dealkylation sites (tertiary alicyclic amines) is 1. The van der Waals surface area contributed by atoms with E-state index in [0.717, 1.165) is 19.6 Å². The molecule has 0 unspecified atom stereocenters. The standard InChI is InChI=1S/C15H26N2O2/c1-2-7-15(18)14-16-8-13-19-12-6-11-17-9-4-3-5-10-17/h16H,3-6,8-14H2,1H3. The van der Waals surface area contributed by atoms with Crippen LogP contribution in [0.5, 0.6) is 0 Å². The number of Topliss-reactive ketones (excluding diaryl/α,β-unsaturated/α-hetero) is 1. The van der Waals surface area contributed by atoms with Gasteiger partial charge in [-0.1, -0.05) is 12.3 Å². The molecule has 0 bridgehead atoms. The molecule has 0 spiro atoms. The lowest BCUT2D eigenvalue weighted by Gasteiger charge is -2.26. The third-order valence-electron chi connectivity index (χ3n) is 3.18. The average Bonchev–Trinajstić information content (AvgIpc) is 2.43. The van der Waals surface area contributed by atoms with Gasteiger partial charge in [0.1, 0.15) is 0 Å². The molecule has 0 atom stereocenters. The number of ether oxygens (including phenoxy) is 1. The van der Waals surface area contributed by atoms with E-state index in [4.69, 9.17) is 4.74 Å². The lowest BCUT2D eigenvalue weighted by molar-refractivity contribution is -0.113. The lowest BCUT2D eigenvalue weighted by atomic mass is 10.1. The molecule has 1 N–H and O–H groups in total. The van der Waals surface area contributed by atoms with Gasteiger partial charge in [-0.2, -0.15) is 0 Å². The summed E-state index contributed by atoms with van der Waals surface area (Å²) in [5, 5.41) is 3.02. The van der Waals surface area contributed by atoms with Gasteiger partial charge in [0.25, 0.3) is 0 Å². The Balaban J connectivity index is 1.82. The second-order valence-corrected chi connectivity index (χ2v) is 4.84. The van der Waals surface area contributed by atoms with Gasteiger partial charge in [-0.05, 0) is 45.2 Å². The first-order valence-electron chi connectivity index (χ1n) is 7.29. The molecule has 0 aromatic heterocycles. The van der Waals surface area contributed by atoms with Gasteiger partial charge in [-0.15, -0.1) is 0 Å². The van der Waals surface area contributed by atoms with Crippen LogP contribution in [0.3, 0.4) is 0 Å². The van der Waals surface area contributed by atoms with Crippen LogP contribution < -0.4 is 5.32 Å². The predicted molar refractivity (Wildman–Crippen MR) is 77.1 cm³/mol. The third-order valence-corrected chi connectivity index (χ3v) is 3.18. The number of carbonyl (C=O) groups is 1. The average molecular weight is 266 g/mol. The second-order valence-electron chi connectivity index (χ2n) is 4.84. The van der Waals surface area contributed by atoms with Crippen LogP contribution in [0.15, 0.2) is 0 Å². The number of hydrogen-bond acceptors (Lipinski definition) is 4. The van der Waals surface area contributed by atoms with Gasteiger partial charge < -0.3 is 15.0 Å². The van der Waals surface area contributed by atoms with Crippen molar-refractivity contribution in [2.24, 2.45) is 0 Å². The summed E-state index contributed by atoms with van der Waals surface area (Å²) in [6.07, 6.45) is 5.18. The largest absolute Gasteiger partial charge is 0.380 e. The molecule has 0 saturated carbocycles. The van der Waals surface area contributed by atoms with Crippen molar-refractivity contribution in [3.8, 4) is 11.8 Å². The predicted octanol–water partition coefficient (Wildman–Crippen LogP) is 1.06. The normalized spacial score (nSPS) is 15.8. The van der Waals surface area contributed by atoms with Crippen molar-refractivity contribution >= 4 is 5.78 Å². The molecule has 1 fully saturated rings. The van der Waals surface area contributed by atoms with Crippen molar-refractivity contribution < 1.29 is 9.53 Å². The van der Waals surface area contributed by atoms with Gasteiger partial charge >= 0.3 is 0 Å². The van der Waals surface area contributed by atoms with Crippen LogP contribution in [0.25, 0.3) is 0 Å². The number of rotatable bonds is 9. The monoisotopic (exact) mass is 266 g/mol. The second kappa shape index (κ2) is 11.0. The maximum absolute atomic E-state index is 11.1. The Morgan fingerprint density at radius 2 is 2.05 bits per heavy atom. The Bertz CT molecular complexity index is 301. The number of piperidine rings is 1. The highest BCUT2D eigenvalue weighted by molar-refractivity contribution is 5.96. The molecule has 4 heteroatoms. The Morgan fingerprint density at radius 3 is 2.79 bits per heavy atom. The molecule has 1 aliphatic rings. The number of nitrogens with one attached hydrogen (secondary N) is 1. The summed E-state index contributed by atoms with van der Waals surface area (Å²) in [5.41, 5.74) is 0. The molecule has 1 rings (SSSR count). The minimum absolute atomic E-state index is 0.0624. The van der Waals surface area contributed by atoms with Gasteiger partial charge in [0, 0.05) is 19.7 Å². The Kier molecular flexibility index (Phi) is 9.34. The minimum atomic E-state index is -0.0624. The van der Waals surface area contributed by atoms with Crippen LogP contribution in [0.1, 0.15) is 32.6 Å². The molecule has 19 heavy (non-hydrogen) atoms. The van der Waals surface area contributed by atoms with E-state index in [9.17, 15) is 4.79 Å². The van der Waals surface area contributed by atoms with E-state index < -0.39 is 0 Å². The molecule has 0 radical (unpaired) electrons. The summed E-state index contributed by atoms with van der Waals surface area (Å²) in [5.74, 6) is 5.02. The summed E-state index contributed by atoms with van der Waals surface area (Å²) in [6, 6.07) is 0. The Morgan fingerprint density at radius 1 is 1.26 bits per heavy atom. The van der Waals surface area contributed by atoms with Gasteiger partial charge in [0.2, 0.25) is 5.78 Å². The van der Waals surface area contributed by atoms with Gasteiger partial charge in [-0.25, -0.2) is 0 Å². The molecular formula is C15H26N2O2. The maximum atomic E-state index is 11.1. The fourth-order valence-electron chi connectivity index (χ4n) is 2.21. The number of carbonyl (C=O) groups excluding carboxylic acids is 1. The van der Waals surface area contributed by atoms with Crippen LogP contribution in [0, 0.1) is 11.8 Å². The van der Waals surface area contributed by atoms with Crippen molar-refractivity contribution in [3.63, 3.8) is 0 Å².